The van der Waals surface area contributed by atoms with Gasteiger partial charge in [0.25, 0.3) is 0 Å². The lowest BCUT2D eigenvalue weighted by Gasteiger charge is -2.31. The van der Waals surface area contributed by atoms with E-state index in [1.165, 1.54) is 51.6 Å². The van der Waals surface area contributed by atoms with Crippen LogP contribution in [0.4, 0.5) is 0 Å². The Morgan fingerprint density at radius 1 is 1.24 bits per heavy atom. The van der Waals surface area contributed by atoms with Crippen LogP contribution in [0, 0.1) is 23.2 Å². The van der Waals surface area contributed by atoms with Crippen molar-refractivity contribution in [2.75, 3.05) is 26.3 Å². The molecule has 0 heterocycles. The van der Waals surface area contributed by atoms with Gasteiger partial charge in [0.1, 0.15) is 0 Å². The van der Waals surface area contributed by atoms with Gasteiger partial charge in [-0.1, -0.05) is 6.92 Å². The molecule has 2 heteroatoms. The second-order valence-electron chi connectivity index (χ2n) is 6.80. The largest absolute Gasteiger partial charge is 0.381 e. The van der Waals surface area contributed by atoms with Crippen molar-refractivity contribution >= 4 is 0 Å². The van der Waals surface area contributed by atoms with Crippen molar-refractivity contribution in [2.45, 2.75) is 45.4 Å². The van der Waals surface area contributed by atoms with E-state index in [-0.39, 0.29) is 0 Å². The van der Waals surface area contributed by atoms with Crippen molar-refractivity contribution in [3.05, 3.63) is 0 Å². The average molecular weight is 237 g/mol. The summed E-state index contributed by atoms with van der Waals surface area (Å²) < 4.78 is 6.00. The maximum atomic E-state index is 6.00. The van der Waals surface area contributed by atoms with Gasteiger partial charge in [0.05, 0.1) is 6.61 Å². The minimum atomic E-state index is 0.498. The molecule has 3 aliphatic rings. The number of rotatable bonds is 8. The van der Waals surface area contributed by atoms with E-state index in [9.17, 15) is 0 Å². The highest BCUT2D eigenvalue weighted by molar-refractivity contribution is 5.04. The topological polar surface area (TPSA) is 21.3 Å². The van der Waals surface area contributed by atoms with E-state index in [2.05, 4.69) is 12.2 Å². The number of ether oxygens (including phenoxy) is 1. The Bertz CT molecular complexity index is 252. The third-order valence-corrected chi connectivity index (χ3v) is 4.84. The van der Waals surface area contributed by atoms with Crippen molar-refractivity contribution in [3.63, 3.8) is 0 Å². The van der Waals surface area contributed by atoms with Gasteiger partial charge >= 0.3 is 0 Å². The molecule has 0 spiro atoms. The molecule has 0 saturated heterocycles. The van der Waals surface area contributed by atoms with Gasteiger partial charge in [-0.15, -0.1) is 0 Å². The third kappa shape index (κ3) is 3.03. The molecule has 3 rings (SSSR count). The molecule has 0 amide bonds. The second-order valence-corrected chi connectivity index (χ2v) is 6.80. The molecule has 3 aliphatic carbocycles. The fourth-order valence-electron chi connectivity index (χ4n) is 3.58. The van der Waals surface area contributed by atoms with Gasteiger partial charge in [-0.2, -0.15) is 0 Å². The van der Waals surface area contributed by atoms with Crippen LogP contribution < -0.4 is 5.32 Å². The summed E-state index contributed by atoms with van der Waals surface area (Å²) >= 11 is 0. The van der Waals surface area contributed by atoms with Crippen molar-refractivity contribution in [1.82, 2.24) is 5.32 Å². The summed E-state index contributed by atoms with van der Waals surface area (Å²) in [7, 11) is 0. The van der Waals surface area contributed by atoms with Crippen LogP contribution in [0.25, 0.3) is 0 Å². The molecular weight excluding hydrogens is 210 g/mol. The van der Waals surface area contributed by atoms with E-state index in [0.29, 0.717) is 5.41 Å². The summed E-state index contributed by atoms with van der Waals surface area (Å²) in [5, 5.41) is 3.63. The van der Waals surface area contributed by atoms with E-state index in [1.807, 2.05) is 0 Å². The lowest BCUT2D eigenvalue weighted by Crippen LogP contribution is -2.37. The van der Waals surface area contributed by atoms with Crippen LogP contribution in [-0.4, -0.2) is 26.3 Å². The predicted molar refractivity (Wildman–Crippen MR) is 70.0 cm³/mol. The summed E-state index contributed by atoms with van der Waals surface area (Å²) in [6.45, 7) is 6.66. The Morgan fingerprint density at radius 2 is 2.00 bits per heavy atom. The molecule has 2 unspecified atom stereocenters. The maximum Gasteiger partial charge on any atom is 0.0534 e. The monoisotopic (exact) mass is 237 g/mol. The number of hydrogen-bond donors (Lipinski definition) is 1. The fourth-order valence-corrected chi connectivity index (χ4v) is 3.58. The number of nitrogens with one attached hydrogen (secondary N) is 1. The first-order valence-electron chi connectivity index (χ1n) is 7.60. The van der Waals surface area contributed by atoms with Gasteiger partial charge < -0.3 is 10.1 Å². The zero-order valence-electron chi connectivity index (χ0n) is 11.2. The normalized spacial score (nSPS) is 39.4. The highest BCUT2D eigenvalue weighted by Gasteiger charge is 2.53. The van der Waals surface area contributed by atoms with Crippen LogP contribution in [0.2, 0.25) is 0 Å². The van der Waals surface area contributed by atoms with E-state index >= 15 is 0 Å². The van der Waals surface area contributed by atoms with Crippen LogP contribution in [0.1, 0.15) is 45.4 Å². The zero-order valence-corrected chi connectivity index (χ0v) is 11.2. The molecule has 0 radical (unpaired) electrons. The first-order chi connectivity index (χ1) is 8.31. The third-order valence-electron chi connectivity index (χ3n) is 4.84. The van der Waals surface area contributed by atoms with Crippen LogP contribution in [-0.2, 0) is 4.74 Å². The molecule has 17 heavy (non-hydrogen) atoms. The molecule has 3 saturated carbocycles. The Hall–Kier alpha value is -0.0800. The predicted octanol–water partition coefficient (Wildman–Crippen LogP) is 2.83. The van der Waals surface area contributed by atoms with Crippen LogP contribution in [0.15, 0.2) is 0 Å². The molecule has 3 fully saturated rings. The number of hydrogen-bond acceptors (Lipinski definition) is 2. The standard InChI is InChI=1S/C15H27NO/c1-2-5-16-10-15(7-13-6-14(13)8-15)11-17-9-12-3-4-12/h12-14,16H,2-11H2,1H3. The summed E-state index contributed by atoms with van der Waals surface area (Å²) in [5.74, 6) is 3.03. The van der Waals surface area contributed by atoms with Gasteiger partial charge in [-0.3, -0.25) is 0 Å². The summed E-state index contributed by atoms with van der Waals surface area (Å²) in [6.07, 6.45) is 8.43. The van der Waals surface area contributed by atoms with Crippen LogP contribution >= 0.6 is 0 Å². The number of fused-ring (bicyclic) bond motifs is 1. The van der Waals surface area contributed by atoms with Gasteiger partial charge in [-0.25, -0.2) is 0 Å². The van der Waals surface area contributed by atoms with Crippen molar-refractivity contribution in [3.8, 4) is 0 Å². The van der Waals surface area contributed by atoms with E-state index < -0.39 is 0 Å². The van der Waals surface area contributed by atoms with E-state index in [0.717, 1.165) is 31.0 Å². The zero-order chi connectivity index (χ0) is 11.7. The molecule has 0 aromatic carbocycles. The SMILES string of the molecule is CCCNCC1(COCC2CC2)CC2CC2C1. The molecule has 0 aliphatic heterocycles. The molecule has 0 aromatic heterocycles. The van der Waals surface area contributed by atoms with Gasteiger partial charge in [0, 0.05) is 18.6 Å². The molecule has 1 N–H and O–H groups in total. The molecule has 98 valence electrons. The first-order valence-corrected chi connectivity index (χ1v) is 7.60. The maximum absolute atomic E-state index is 6.00. The highest BCUT2D eigenvalue weighted by Crippen LogP contribution is 2.59. The Balaban J connectivity index is 1.45. The molecule has 0 aromatic rings. The quantitative estimate of drug-likeness (QED) is 0.655. The Labute approximate surface area is 105 Å². The lowest BCUT2D eigenvalue weighted by atomic mass is 9.83. The molecule has 2 nitrogen and oxygen atoms in total. The van der Waals surface area contributed by atoms with E-state index in [1.54, 1.807) is 0 Å². The summed E-state index contributed by atoms with van der Waals surface area (Å²) in [6, 6.07) is 0. The van der Waals surface area contributed by atoms with Gasteiger partial charge in [-0.05, 0) is 62.8 Å². The second kappa shape index (κ2) is 4.89. The van der Waals surface area contributed by atoms with Gasteiger partial charge in [0.2, 0.25) is 0 Å². The van der Waals surface area contributed by atoms with Crippen molar-refractivity contribution < 1.29 is 4.74 Å². The summed E-state index contributed by atoms with van der Waals surface area (Å²) in [5.41, 5.74) is 0.498. The van der Waals surface area contributed by atoms with E-state index in [4.69, 9.17) is 4.74 Å². The fraction of sp³-hybridized carbons (Fsp3) is 1.00. The first kappa shape index (κ1) is 12.0. The van der Waals surface area contributed by atoms with Crippen molar-refractivity contribution in [2.24, 2.45) is 23.2 Å². The van der Waals surface area contributed by atoms with Gasteiger partial charge in [0.15, 0.2) is 0 Å². The lowest BCUT2D eigenvalue weighted by molar-refractivity contribution is 0.0338. The minimum absolute atomic E-state index is 0.498. The van der Waals surface area contributed by atoms with Crippen LogP contribution in [0.5, 0.6) is 0 Å². The molecule has 0 bridgehead atoms. The Morgan fingerprint density at radius 3 is 2.65 bits per heavy atom. The Kier molecular flexibility index (Phi) is 3.45. The smallest absolute Gasteiger partial charge is 0.0534 e. The minimum Gasteiger partial charge on any atom is -0.381 e. The summed E-state index contributed by atoms with van der Waals surface area (Å²) in [4.78, 5) is 0. The van der Waals surface area contributed by atoms with Crippen LogP contribution in [0.3, 0.4) is 0 Å². The molecule has 2 atom stereocenters. The van der Waals surface area contributed by atoms with Crippen molar-refractivity contribution in [1.29, 1.82) is 0 Å². The average Bonchev–Trinajstić information content (AvgIpc) is 3.21. The molecular formula is C15H27NO. The highest BCUT2D eigenvalue weighted by atomic mass is 16.5.